The number of likely N-dealkylation sites (tertiary alicyclic amines) is 1. The molecular weight excluding hydrogens is 276 g/mol. The number of fused-ring (bicyclic) bond motifs is 1. The number of rotatable bonds is 5. The second-order valence-corrected chi connectivity index (χ2v) is 5.89. The van der Waals surface area contributed by atoms with Gasteiger partial charge in [-0.1, -0.05) is 19.1 Å². The van der Waals surface area contributed by atoms with Gasteiger partial charge in [0.2, 0.25) is 0 Å². The summed E-state index contributed by atoms with van der Waals surface area (Å²) in [5.74, 6) is 0.984. The Morgan fingerprint density at radius 2 is 2.09 bits per heavy atom. The Morgan fingerprint density at radius 3 is 2.82 bits per heavy atom. The molecule has 0 bridgehead atoms. The summed E-state index contributed by atoms with van der Waals surface area (Å²) >= 11 is 0. The molecule has 1 aromatic carbocycles. The lowest BCUT2D eigenvalue weighted by Gasteiger charge is -2.32. The van der Waals surface area contributed by atoms with Crippen molar-refractivity contribution in [2.75, 3.05) is 26.2 Å². The van der Waals surface area contributed by atoms with Gasteiger partial charge in [-0.3, -0.25) is 4.98 Å². The highest BCUT2D eigenvalue weighted by Crippen LogP contribution is 2.30. The fourth-order valence-electron chi connectivity index (χ4n) is 3.21. The maximum Gasteiger partial charge on any atom is 0.127 e. The van der Waals surface area contributed by atoms with E-state index in [4.69, 9.17) is 9.84 Å². The van der Waals surface area contributed by atoms with Crippen LogP contribution < -0.4 is 4.74 Å². The minimum Gasteiger partial charge on any atom is -0.490 e. The molecule has 4 nitrogen and oxygen atoms in total. The highest BCUT2D eigenvalue weighted by atomic mass is 16.5. The van der Waals surface area contributed by atoms with Gasteiger partial charge in [-0.25, -0.2) is 0 Å². The molecule has 0 spiro atoms. The Bertz CT molecular complexity index is 616. The molecule has 0 unspecified atom stereocenters. The molecular formula is C18H24N2O2. The number of hydrogen-bond donors (Lipinski definition) is 1. The number of pyridine rings is 1. The molecule has 4 heteroatoms. The molecule has 1 aromatic heterocycles. The fraction of sp³-hybridized carbons (Fsp3) is 0.500. The zero-order valence-electron chi connectivity index (χ0n) is 13.2. The van der Waals surface area contributed by atoms with Crippen molar-refractivity contribution in [1.29, 1.82) is 0 Å². The summed E-state index contributed by atoms with van der Waals surface area (Å²) in [6, 6.07) is 6.21. The number of benzene rings is 1. The Hall–Kier alpha value is -1.65. The van der Waals surface area contributed by atoms with Crippen LogP contribution in [0, 0.1) is 0 Å². The van der Waals surface area contributed by atoms with Crippen molar-refractivity contribution in [2.24, 2.45) is 0 Å². The van der Waals surface area contributed by atoms with E-state index in [1.54, 1.807) is 0 Å². The van der Waals surface area contributed by atoms with Crippen LogP contribution in [0.2, 0.25) is 0 Å². The van der Waals surface area contributed by atoms with Gasteiger partial charge in [-0.05, 0) is 30.9 Å². The zero-order chi connectivity index (χ0) is 15.4. The molecule has 0 amide bonds. The second kappa shape index (κ2) is 7.07. The molecule has 22 heavy (non-hydrogen) atoms. The Labute approximate surface area is 131 Å². The normalized spacial score (nSPS) is 17.0. The van der Waals surface area contributed by atoms with Crippen LogP contribution in [0.25, 0.3) is 10.8 Å². The van der Waals surface area contributed by atoms with Gasteiger partial charge in [0.1, 0.15) is 11.9 Å². The molecule has 1 fully saturated rings. The quantitative estimate of drug-likeness (QED) is 0.922. The molecule has 1 saturated heterocycles. The van der Waals surface area contributed by atoms with E-state index in [0.717, 1.165) is 50.0 Å². The average Bonchev–Trinajstić information content (AvgIpc) is 2.56. The van der Waals surface area contributed by atoms with Crippen LogP contribution in [0.1, 0.15) is 25.3 Å². The van der Waals surface area contributed by atoms with Gasteiger partial charge < -0.3 is 14.7 Å². The number of aromatic nitrogens is 1. The highest BCUT2D eigenvalue weighted by Gasteiger charge is 2.21. The summed E-state index contributed by atoms with van der Waals surface area (Å²) < 4.78 is 6.32. The van der Waals surface area contributed by atoms with E-state index < -0.39 is 0 Å². The van der Waals surface area contributed by atoms with E-state index in [2.05, 4.69) is 28.9 Å². The van der Waals surface area contributed by atoms with Crippen molar-refractivity contribution < 1.29 is 9.84 Å². The molecule has 0 radical (unpaired) electrons. The van der Waals surface area contributed by atoms with Crippen LogP contribution in [0.3, 0.4) is 0 Å². The van der Waals surface area contributed by atoms with Gasteiger partial charge in [0, 0.05) is 42.8 Å². The van der Waals surface area contributed by atoms with Gasteiger partial charge in [-0.2, -0.15) is 0 Å². The largest absolute Gasteiger partial charge is 0.490 e. The van der Waals surface area contributed by atoms with E-state index in [1.807, 2.05) is 18.5 Å². The van der Waals surface area contributed by atoms with Crippen LogP contribution in [-0.4, -0.2) is 47.3 Å². The number of aliphatic hydroxyl groups is 1. The summed E-state index contributed by atoms with van der Waals surface area (Å²) in [4.78, 5) is 6.61. The first-order valence-electron chi connectivity index (χ1n) is 8.17. The monoisotopic (exact) mass is 300 g/mol. The van der Waals surface area contributed by atoms with E-state index >= 15 is 0 Å². The van der Waals surface area contributed by atoms with E-state index in [0.29, 0.717) is 0 Å². The first-order valence-corrected chi connectivity index (χ1v) is 8.17. The van der Waals surface area contributed by atoms with Crippen LogP contribution in [0.4, 0.5) is 0 Å². The Balaban J connectivity index is 1.77. The van der Waals surface area contributed by atoms with Crippen molar-refractivity contribution in [1.82, 2.24) is 9.88 Å². The zero-order valence-corrected chi connectivity index (χ0v) is 13.2. The second-order valence-electron chi connectivity index (χ2n) is 5.89. The van der Waals surface area contributed by atoms with Crippen LogP contribution in [0.15, 0.2) is 30.6 Å². The molecule has 1 N–H and O–H groups in total. The minimum atomic E-state index is 0.238. The molecule has 0 saturated carbocycles. The number of hydrogen-bond acceptors (Lipinski definition) is 4. The van der Waals surface area contributed by atoms with Crippen LogP contribution in [-0.2, 0) is 6.42 Å². The standard InChI is InChI=1S/C18H24N2O2/c1-2-14-12-19-13-15-4-3-5-17(18(14)15)22-16-6-8-20(9-7-16)10-11-21/h3-5,12-13,16,21H,2,6-11H2,1H3. The van der Waals surface area contributed by atoms with Crippen molar-refractivity contribution in [3.05, 3.63) is 36.2 Å². The SMILES string of the molecule is CCc1cncc2cccc(OC3CCN(CCO)CC3)c12. The van der Waals surface area contributed by atoms with Crippen LogP contribution >= 0.6 is 0 Å². The summed E-state index contributed by atoms with van der Waals surface area (Å²) in [5.41, 5.74) is 1.24. The lowest BCUT2D eigenvalue weighted by Crippen LogP contribution is -2.39. The van der Waals surface area contributed by atoms with Crippen molar-refractivity contribution in [3.63, 3.8) is 0 Å². The van der Waals surface area contributed by atoms with Gasteiger partial charge in [-0.15, -0.1) is 0 Å². The predicted molar refractivity (Wildman–Crippen MR) is 88.3 cm³/mol. The highest BCUT2D eigenvalue weighted by molar-refractivity contribution is 5.90. The van der Waals surface area contributed by atoms with Crippen molar-refractivity contribution in [3.8, 4) is 5.75 Å². The van der Waals surface area contributed by atoms with Crippen molar-refractivity contribution in [2.45, 2.75) is 32.3 Å². The fourth-order valence-corrected chi connectivity index (χ4v) is 3.21. The lowest BCUT2D eigenvalue weighted by atomic mass is 10.0. The topological polar surface area (TPSA) is 45.6 Å². The molecule has 2 aromatic rings. The maximum absolute atomic E-state index is 9.02. The van der Waals surface area contributed by atoms with Gasteiger partial charge in [0.15, 0.2) is 0 Å². The smallest absolute Gasteiger partial charge is 0.127 e. The Kier molecular flexibility index (Phi) is 4.90. The molecule has 0 atom stereocenters. The van der Waals surface area contributed by atoms with Gasteiger partial charge >= 0.3 is 0 Å². The van der Waals surface area contributed by atoms with Crippen molar-refractivity contribution >= 4 is 10.8 Å². The first kappa shape index (κ1) is 15.3. The summed E-state index contributed by atoms with van der Waals surface area (Å²) in [6.07, 6.45) is 7.11. The lowest BCUT2D eigenvalue weighted by molar-refractivity contribution is 0.0898. The minimum absolute atomic E-state index is 0.238. The summed E-state index contributed by atoms with van der Waals surface area (Å²) in [6.45, 7) is 5.16. The van der Waals surface area contributed by atoms with E-state index in [1.165, 1.54) is 10.9 Å². The first-order chi connectivity index (χ1) is 10.8. The number of ether oxygens (including phenoxy) is 1. The summed E-state index contributed by atoms with van der Waals surface area (Å²) in [5, 5.41) is 11.4. The van der Waals surface area contributed by atoms with E-state index in [9.17, 15) is 0 Å². The number of nitrogens with zero attached hydrogens (tertiary/aromatic N) is 2. The molecule has 118 valence electrons. The average molecular weight is 300 g/mol. The molecule has 1 aliphatic heterocycles. The van der Waals surface area contributed by atoms with E-state index in [-0.39, 0.29) is 12.7 Å². The number of β-amino-alcohol motifs (C(OH)–C–C–N with tert-alkyl or cyclic N) is 1. The maximum atomic E-state index is 9.02. The van der Waals surface area contributed by atoms with Gasteiger partial charge in [0.05, 0.1) is 6.61 Å². The Morgan fingerprint density at radius 1 is 1.27 bits per heavy atom. The third-order valence-electron chi connectivity index (χ3n) is 4.45. The third kappa shape index (κ3) is 3.23. The molecule has 0 aliphatic carbocycles. The number of aryl methyl sites for hydroxylation is 1. The number of piperidine rings is 1. The van der Waals surface area contributed by atoms with Crippen LogP contribution in [0.5, 0.6) is 5.75 Å². The van der Waals surface area contributed by atoms with Gasteiger partial charge in [0.25, 0.3) is 0 Å². The number of aliphatic hydroxyl groups excluding tert-OH is 1. The molecule has 3 rings (SSSR count). The third-order valence-corrected chi connectivity index (χ3v) is 4.45. The molecule has 2 heterocycles. The predicted octanol–water partition coefficient (Wildman–Crippen LogP) is 2.63. The molecule has 1 aliphatic rings. The summed E-state index contributed by atoms with van der Waals surface area (Å²) in [7, 11) is 0.